The molecule has 0 spiro atoms. The van der Waals surface area contributed by atoms with Crippen molar-refractivity contribution in [1.82, 2.24) is 0 Å². The van der Waals surface area contributed by atoms with Crippen molar-refractivity contribution in [2.45, 2.75) is 13.3 Å². The Bertz CT molecular complexity index is 481. The zero-order chi connectivity index (χ0) is 13.9. The number of alkyl halides is 3. The molecule has 0 heterocycles. The highest BCUT2D eigenvalue weighted by Gasteiger charge is 2.34. The van der Waals surface area contributed by atoms with Crippen LogP contribution >= 0.6 is 0 Å². The highest BCUT2D eigenvalue weighted by atomic mass is 19.4. The van der Waals surface area contributed by atoms with Gasteiger partial charge in [-0.25, -0.2) is 4.79 Å². The van der Waals surface area contributed by atoms with Gasteiger partial charge in [0.05, 0.1) is 0 Å². The lowest BCUT2D eigenvalue weighted by molar-refractivity contribution is -0.274. The summed E-state index contributed by atoms with van der Waals surface area (Å²) in [6.45, 7) is 0.989. The molecule has 98 valence electrons. The summed E-state index contributed by atoms with van der Waals surface area (Å²) in [6, 6.07) is 2.93. The second-order valence-corrected chi connectivity index (χ2v) is 3.08. The molecular weight excluding hydrogens is 257 g/mol. The van der Waals surface area contributed by atoms with Crippen molar-refractivity contribution in [3.63, 3.8) is 0 Å². The Morgan fingerprint density at radius 1 is 1.22 bits per heavy atom. The molecule has 1 rings (SSSR count). The number of ether oxygens (including phenoxy) is 2. The molecule has 18 heavy (non-hydrogen) atoms. The summed E-state index contributed by atoms with van der Waals surface area (Å²) < 4.78 is 44.2. The number of carbonyl (C=O) groups excluding carboxylic acids is 1. The van der Waals surface area contributed by atoms with Gasteiger partial charge in [0.15, 0.2) is 0 Å². The van der Waals surface area contributed by atoms with Crippen LogP contribution in [0.2, 0.25) is 0 Å². The SMILES string of the molecule is CC(=O)Oc1cccc(OC(F)(F)F)c1C(=O)O. The van der Waals surface area contributed by atoms with Gasteiger partial charge in [-0.1, -0.05) is 6.07 Å². The van der Waals surface area contributed by atoms with Gasteiger partial charge in [-0.05, 0) is 12.1 Å². The zero-order valence-electron chi connectivity index (χ0n) is 8.95. The van der Waals surface area contributed by atoms with Crippen molar-refractivity contribution >= 4 is 11.9 Å². The van der Waals surface area contributed by atoms with E-state index in [-0.39, 0.29) is 0 Å². The van der Waals surface area contributed by atoms with Gasteiger partial charge in [-0.15, -0.1) is 13.2 Å². The fraction of sp³-hybridized carbons (Fsp3) is 0.200. The fourth-order valence-electron chi connectivity index (χ4n) is 1.17. The summed E-state index contributed by atoms with van der Waals surface area (Å²) in [5.74, 6) is -4.03. The summed E-state index contributed by atoms with van der Waals surface area (Å²) in [5, 5.41) is 8.82. The Morgan fingerprint density at radius 3 is 2.22 bits per heavy atom. The molecule has 0 saturated heterocycles. The molecule has 0 bridgehead atoms. The van der Waals surface area contributed by atoms with Crippen molar-refractivity contribution in [2.24, 2.45) is 0 Å². The van der Waals surface area contributed by atoms with Crippen LogP contribution in [0.25, 0.3) is 0 Å². The van der Waals surface area contributed by atoms with E-state index >= 15 is 0 Å². The van der Waals surface area contributed by atoms with Crippen molar-refractivity contribution in [2.75, 3.05) is 0 Å². The molecule has 1 aromatic rings. The second-order valence-electron chi connectivity index (χ2n) is 3.08. The molecule has 0 amide bonds. The molecular formula is C10H7F3O5. The van der Waals surface area contributed by atoms with Crippen LogP contribution in [0, 0.1) is 0 Å². The molecule has 0 atom stereocenters. The monoisotopic (exact) mass is 264 g/mol. The molecule has 0 radical (unpaired) electrons. The predicted molar refractivity (Wildman–Crippen MR) is 51.4 cm³/mol. The van der Waals surface area contributed by atoms with Crippen molar-refractivity contribution in [1.29, 1.82) is 0 Å². The van der Waals surface area contributed by atoms with Gasteiger partial charge in [0.2, 0.25) is 0 Å². The molecule has 1 N–H and O–H groups in total. The molecule has 0 aliphatic heterocycles. The van der Waals surface area contributed by atoms with Gasteiger partial charge in [-0.3, -0.25) is 4.79 Å². The van der Waals surface area contributed by atoms with Gasteiger partial charge in [0.1, 0.15) is 17.1 Å². The summed E-state index contributed by atoms with van der Waals surface area (Å²) >= 11 is 0. The van der Waals surface area contributed by atoms with E-state index < -0.39 is 35.4 Å². The lowest BCUT2D eigenvalue weighted by Gasteiger charge is -2.13. The Kier molecular flexibility index (Phi) is 3.79. The van der Waals surface area contributed by atoms with Crippen LogP contribution in [0.4, 0.5) is 13.2 Å². The van der Waals surface area contributed by atoms with Crippen LogP contribution in [0.5, 0.6) is 11.5 Å². The number of rotatable bonds is 3. The summed E-state index contributed by atoms with van der Waals surface area (Å²) in [4.78, 5) is 21.6. The molecule has 0 saturated carbocycles. The molecule has 8 heteroatoms. The van der Waals surface area contributed by atoms with Crippen molar-refractivity contribution < 1.29 is 37.3 Å². The average molecular weight is 264 g/mol. The first kappa shape index (κ1) is 13.8. The van der Waals surface area contributed by atoms with E-state index in [1.165, 1.54) is 0 Å². The number of hydrogen-bond donors (Lipinski definition) is 1. The Morgan fingerprint density at radius 2 is 1.78 bits per heavy atom. The number of hydrogen-bond acceptors (Lipinski definition) is 4. The summed E-state index contributed by atoms with van der Waals surface area (Å²) in [6.07, 6.45) is -5.04. The predicted octanol–water partition coefficient (Wildman–Crippen LogP) is 2.21. The molecule has 0 unspecified atom stereocenters. The van der Waals surface area contributed by atoms with Crippen molar-refractivity contribution in [3.05, 3.63) is 23.8 Å². The van der Waals surface area contributed by atoms with Crippen LogP contribution in [0.15, 0.2) is 18.2 Å². The Labute approximate surface area is 98.7 Å². The van der Waals surface area contributed by atoms with Crippen LogP contribution in [0.1, 0.15) is 17.3 Å². The highest BCUT2D eigenvalue weighted by molar-refractivity contribution is 5.95. The number of halogens is 3. The topological polar surface area (TPSA) is 72.8 Å². The number of esters is 1. The first-order valence-corrected chi connectivity index (χ1v) is 4.51. The van der Waals surface area contributed by atoms with Gasteiger partial charge in [-0.2, -0.15) is 0 Å². The largest absolute Gasteiger partial charge is 0.573 e. The molecule has 5 nitrogen and oxygen atoms in total. The van der Waals surface area contributed by atoms with E-state index in [1.807, 2.05) is 0 Å². The number of carbonyl (C=O) groups is 2. The molecule has 0 aromatic heterocycles. The normalized spacial score (nSPS) is 10.9. The third-order valence-electron chi connectivity index (χ3n) is 1.68. The number of aromatic carboxylic acids is 1. The van der Waals surface area contributed by atoms with E-state index in [1.54, 1.807) is 0 Å². The second kappa shape index (κ2) is 4.94. The Balaban J connectivity index is 3.26. The third kappa shape index (κ3) is 3.65. The number of carboxylic acids is 1. The minimum absolute atomic E-state index is 0.517. The molecule has 0 fully saturated rings. The van der Waals surface area contributed by atoms with E-state index in [2.05, 4.69) is 9.47 Å². The third-order valence-corrected chi connectivity index (χ3v) is 1.68. The number of carboxylic acid groups (broad SMARTS) is 1. The molecule has 0 aliphatic rings. The summed E-state index contributed by atoms with van der Waals surface area (Å²) in [5.41, 5.74) is -0.870. The van der Waals surface area contributed by atoms with E-state index in [0.717, 1.165) is 25.1 Å². The van der Waals surface area contributed by atoms with Crippen LogP contribution < -0.4 is 9.47 Å². The maximum absolute atomic E-state index is 12.1. The highest BCUT2D eigenvalue weighted by Crippen LogP contribution is 2.32. The minimum Gasteiger partial charge on any atom is -0.477 e. The van der Waals surface area contributed by atoms with Gasteiger partial charge >= 0.3 is 18.3 Å². The lowest BCUT2D eigenvalue weighted by Crippen LogP contribution is -2.19. The molecule has 1 aromatic carbocycles. The van der Waals surface area contributed by atoms with Crippen LogP contribution in [-0.4, -0.2) is 23.4 Å². The van der Waals surface area contributed by atoms with Gasteiger partial charge in [0, 0.05) is 6.92 Å². The van der Waals surface area contributed by atoms with Crippen molar-refractivity contribution in [3.8, 4) is 11.5 Å². The zero-order valence-corrected chi connectivity index (χ0v) is 8.95. The minimum atomic E-state index is -5.04. The molecule has 0 aliphatic carbocycles. The van der Waals surface area contributed by atoms with E-state index in [4.69, 9.17) is 5.11 Å². The smallest absolute Gasteiger partial charge is 0.477 e. The maximum Gasteiger partial charge on any atom is 0.573 e. The van der Waals surface area contributed by atoms with Crippen LogP contribution in [-0.2, 0) is 4.79 Å². The Hall–Kier alpha value is -2.25. The standard InChI is InChI=1S/C10H7F3O5/c1-5(14)17-6-3-2-4-7(8(6)9(15)16)18-10(11,12)13/h2-4H,1H3,(H,15,16). The first-order chi connectivity index (χ1) is 8.20. The summed E-state index contributed by atoms with van der Waals surface area (Å²) in [7, 11) is 0. The lowest BCUT2D eigenvalue weighted by atomic mass is 10.2. The average Bonchev–Trinajstić information content (AvgIpc) is 2.13. The number of benzene rings is 1. The fourth-order valence-corrected chi connectivity index (χ4v) is 1.17. The van der Waals surface area contributed by atoms with E-state index in [0.29, 0.717) is 0 Å². The van der Waals surface area contributed by atoms with Crippen LogP contribution in [0.3, 0.4) is 0 Å². The quantitative estimate of drug-likeness (QED) is 0.669. The van der Waals surface area contributed by atoms with E-state index in [9.17, 15) is 22.8 Å². The van der Waals surface area contributed by atoms with Gasteiger partial charge < -0.3 is 14.6 Å². The first-order valence-electron chi connectivity index (χ1n) is 4.51. The maximum atomic E-state index is 12.1. The van der Waals surface area contributed by atoms with Gasteiger partial charge in [0.25, 0.3) is 0 Å².